The number of thioether (sulfide) groups is 1. The number of benzene rings is 1. The highest BCUT2D eigenvalue weighted by atomic mass is 32.2. The minimum absolute atomic E-state index is 0.0190. The molecule has 1 radical (unpaired) electrons. The molecule has 0 aliphatic heterocycles. The summed E-state index contributed by atoms with van der Waals surface area (Å²) in [7, 11) is 0. The molecule has 16 amide bonds. The number of guanidine groups is 1. The molecule has 1 aromatic carbocycles. The number of carboxylic acids is 2. The first-order valence-corrected chi connectivity index (χ1v) is 38.9. The number of primary amides is 1. The van der Waals surface area contributed by atoms with Crippen molar-refractivity contribution < 1.29 is 107 Å². The van der Waals surface area contributed by atoms with Crippen molar-refractivity contribution in [3.63, 3.8) is 0 Å². The van der Waals surface area contributed by atoms with Crippen molar-refractivity contribution in [3.05, 3.63) is 35.9 Å². The molecule has 0 unspecified atom stereocenters. The third-order valence-electron chi connectivity index (χ3n) is 17.6. The van der Waals surface area contributed by atoms with E-state index in [-0.39, 0.29) is 69.7 Å². The van der Waals surface area contributed by atoms with Gasteiger partial charge in [0.05, 0.1) is 25.7 Å². The van der Waals surface area contributed by atoms with Crippen LogP contribution in [0.5, 0.6) is 0 Å². The van der Waals surface area contributed by atoms with Crippen molar-refractivity contribution >= 4 is 124 Å². The van der Waals surface area contributed by atoms with E-state index in [4.69, 9.17) is 34.1 Å². The number of aliphatic hydroxyl groups excluding tert-OH is 2. The molecule has 645 valence electrons. The second-order valence-electron chi connectivity index (χ2n) is 28.1. The number of carbonyl (C=O) groups is 18. The van der Waals surface area contributed by atoms with E-state index < -0.39 is 267 Å². The molecule has 0 fully saturated rings. The van der Waals surface area contributed by atoms with Gasteiger partial charge in [0.1, 0.15) is 78.5 Å². The minimum Gasteiger partial charge on any atom is -0.481 e. The van der Waals surface area contributed by atoms with E-state index in [1.807, 2.05) is 5.32 Å². The summed E-state index contributed by atoms with van der Waals surface area (Å²) in [6.45, 7) is 10.5. The van der Waals surface area contributed by atoms with Crippen molar-refractivity contribution in [3.8, 4) is 0 Å². The molecular formula is C71H118N21O22S. The van der Waals surface area contributed by atoms with Gasteiger partial charge in [0.15, 0.2) is 5.96 Å². The van der Waals surface area contributed by atoms with Crippen molar-refractivity contribution in [1.82, 2.24) is 85.5 Å². The van der Waals surface area contributed by atoms with E-state index in [9.17, 15) is 107 Å². The van der Waals surface area contributed by atoms with Gasteiger partial charge in [-0.25, -0.2) is 4.79 Å². The lowest BCUT2D eigenvalue weighted by Gasteiger charge is -2.30. The van der Waals surface area contributed by atoms with E-state index in [1.54, 1.807) is 64.3 Å². The zero-order valence-electron chi connectivity index (χ0n) is 66.2. The number of aliphatic hydroxyl groups is 2. The van der Waals surface area contributed by atoms with Gasteiger partial charge in [0, 0.05) is 38.8 Å². The van der Waals surface area contributed by atoms with E-state index in [1.165, 1.54) is 32.5 Å². The molecule has 1 rings (SSSR count). The van der Waals surface area contributed by atoms with Crippen LogP contribution in [0.25, 0.3) is 0 Å². The van der Waals surface area contributed by atoms with E-state index in [2.05, 4.69) is 74.4 Å². The zero-order chi connectivity index (χ0) is 87.4. The van der Waals surface area contributed by atoms with Crippen LogP contribution >= 0.6 is 11.8 Å². The molecule has 43 nitrogen and oxygen atoms in total. The lowest BCUT2D eigenvalue weighted by Crippen LogP contribution is -2.61. The number of hydrogen-bond donors (Lipinski definition) is 24. The molecule has 15 atom stereocenters. The summed E-state index contributed by atoms with van der Waals surface area (Å²) >= 11 is 1.28. The van der Waals surface area contributed by atoms with Gasteiger partial charge in [-0.3, -0.25) is 92.7 Å². The number of carboxylic acid groups (broad SMARTS) is 2. The molecular weight excluding hydrogens is 1530 g/mol. The summed E-state index contributed by atoms with van der Waals surface area (Å²) < 4.78 is 0. The summed E-state index contributed by atoms with van der Waals surface area (Å²) in [5, 5.41) is 84.7. The number of amides is 16. The number of nitrogens with two attached hydrogens (primary N) is 4. The Balaban J connectivity index is 3.43. The van der Waals surface area contributed by atoms with Crippen LogP contribution in [-0.4, -0.2) is 262 Å². The Morgan fingerprint density at radius 2 is 0.948 bits per heavy atom. The van der Waals surface area contributed by atoms with Crippen LogP contribution in [0.1, 0.15) is 144 Å². The molecule has 0 heterocycles. The Morgan fingerprint density at radius 1 is 0.478 bits per heavy atom. The molecule has 0 bridgehead atoms. The fourth-order valence-corrected chi connectivity index (χ4v) is 11.4. The van der Waals surface area contributed by atoms with Gasteiger partial charge < -0.3 is 123 Å². The second kappa shape index (κ2) is 54.0. The lowest BCUT2D eigenvalue weighted by atomic mass is 9.96. The summed E-state index contributed by atoms with van der Waals surface area (Å²) in [6.07, 6.45) is -3.89. The average Bonchev–Trinajstić information content (AvgIpc) is 0.911. The molecule has 0 spiro atoms. The predicted octanol–water partition coefficient (Wildman–Crippen LogP) is -7.69. The van der Waals surface area contributed by atoms with Crippen LogP contribution in [0.15, 0.2) is 30.3 Å². The van der Waals surface area contributed by atoms with Crippen molar-refractivity contribution in [2.24, 2.45) is 40.7 Å². The largest absolute Gasteiger partial charge is 0.481 e. The third kappa shape index (κ3) is 40.1. The second-order valence-corrected chi connectivity index (χ2v) is 29.1. The highest BCUT2D eigenvalue weighted by molar-refractivity contribution is 7.98. The van der Waals surface area contributed by atoms with Gasteiger partial charge in [-0.15, -0.1) is 0 Å². The van der Waals surface area contributed by atoms with Gasteiger partial charge >= 0.3 is 11.9 Å². The topological polar surface area (TPSA) is 720 Å². The standard InChI is InChI=1S/C71H118N21O22S/c1-10-37(6)56(91-59(102)38(7)80-53(98)33-73)68(111)88-47(30-35(2)3)65(108)90-55(36(4)5)67(110)84-43(21-23-54(99)100)63(106)85-45(70(113)114)20-22-51(96)82-44(25-29-115-9)64(107)87-48(31-40-16-12-11-13-17-40)60(103)78-28-24-52(97)81-41(19-15-27-79-71(76)77)61(104)83-42(18-14-26-72)62(105)89-49(34-93)66(109)92-57(39(8)94)69(112)86-46(58(75)101)32-50(74)95/h11-13,16-17,35-39,41-49,55-57,75,93-94H,10,14-15,18-34,72-73H2,1-9H3,(H2,74,95)(H,78,103)(H,80,98)(H,81,97)(H,82,96)(H,83,104)(H,84,110)(H,85,106)(H,86,112)(H,87,107)(H,88,111)(H,89,105)(H,90,108)(H,91,102)(H,92,109)(H,99,100)(H,113,114)(H4,76,77,79)/t37-,38-,39+,41-,42-,43-,44-,45-,46-,47-,48-,49-,55-,56-,57-/m0/s1. The van der Waals surface area contributed by atoms with Crippen LogP contribution < -0.4 is 108 Å². The van der Waals surface area contributed by atoms with Crippen LogP contribution in [0.4, 0.5) is 0 Å². The van der Waals surface area contributed by atoms with Gasteiger partial charge in [-0.2, -0.15) is 11.8 Å². The predicted molar refractivity (Wildman–Crippen MR) is 416 cm³/mol. The van der Waals surface area contributed by atoms with Crippen LogP contribution in [-0.2, 0) is 92.7 Å². The first kappa shape index (κ1) is 102. The number of nitrogens with one attached hydrogen (secondary N) is 17. The number of hydrogen-bond acceptors (Lipinski definition) is 24. The Bertz CT molecular complexity index is 3470. The Morgan fingerprint density at radius 3 is 1.46 bits per heavy atom. The molecule has 1 aromatic rings. The summed E-state index contributed by atoms with van der Waals surface area (Å²) in [5.74, 6) is -20.3. The average molecular weight is 1650 g/mol. The Hall–Kier alpha value is -10.9. The van der Waals surface area contributed by atoms with Crippen molar-refractivity contribution in [2.45, 2.75) is 230 Å². The monoisotopic (exact) mass is 1650 g/mol. The lowest BCUT2D eigenvalue weighted by molar-refractivity contribution is -0.143. The Kier molecular flexibility index (Phi) is 48.0. The summed E-state index contributed by atoms with van der Waals surface area (Å²) in [4.78, 5) is 239. The van der Waals surface area contributed by atoms with E-state index in [0.29, 0.717) is 12.0 Å². The molecule has 0 saturated heterocycles. The number of aliphatic carboxylic acids is 2. The van der Waals surface area contributed by atoms with Gasteiger partial charge in [-0.1, -0.05) is 78.3 Å². The fraction of sp³-hybridized carbons (Fsp3) is 0.648. The quantitative estimate of drug-likeness (QED) is 0.0164. The molecule has 0 aromatic heterocycles. The van der Waals surface area contributed by atoms with Gasteiger partial charge in [0.2, 0.25) is 88.6 Å². The van der Waals surface area contributed by atoms with Crippen LogP contribution in [0.2, 0.25) is 0 Å². The van der Waals surface area contributed by atoms with Gasteiger partial charge in [-0.05, 0) is 107 Å². The zero-order valence-corrected chi connectivity index (χ0v) is 67.0. The highest BCUT2D eigenvalue weighted by Crippen LogP contribution is 2.16. The molecule has 0 aliphatic carbocycles. The molecule has 115 heavy (non-hydrogen) atoms. The van der Waals surface area contributed by atoms with Gasteiger partial charge in [0.25, 0.3) is 5.91 Å². The fourth-order valence-electron chi connectivity index (χ4n) is 11.0. The Labute approximate surface area is 670 Å². The maximum Gasteiger partial charge on any atom is 0.326 e. The number of carbonyl (C=O) groups excluding carboxylic acids is 16. The van der Waals surface area contributed by atoms with Crippen molar-refractivity contribution in [2.75, 3.05) is 44.8 Å². The summed E-state index contributed by atoms with van der Waals surface area (Å²) in [6, 6.07) is -11.6. The number of rotatable bonds is 57. The van der Waals surface area contributed by atoms with Crippen molar-refractivity contribution in [1.29, 1.82) is 5.41 Å². The first-order valence-electron chi connectivity index (χ1n) is 37.5. The van der Waals surface area contributed by atoms with Crippen LogP contribution in [0.3, 0.4) is 0 Å². The third-order valence-corrected chi connectivity index (χ3v) is 18.2. The van der Waals surface area contributed by atoms with E-state index in [0.717, 1.165) is 6.92 Å². The summed E-state index contributed by atoms with van der Waals surface area (Å²) in [5.41, 5.74) is 29.5. The molecule has 0 saturated carbocycles. The maximum absolute atomic E-state index is 14.3. The SMILES string of the molecule is CC[C@H](C)[C@H](NC(=O)[C@H](C)NC(=O)CN)C(=O)N[C@@H](CC(C)C)C(=O)N[C@H](C(=O)N[C@@H](CCC(=O)O)C(=O)N[C@@H](CCC(=O)N[C@@H](CCSC)C(=O)N[C@@H](Cc1ccccc1)C(=O)NCCC(=O)N[C@@H](CCCNC(=N)N)C(=O)N[C@@H](CCCN)C(=O)N[C@@H](CO)C(=O)N[C@H](C(=O)N[C@@H](CC(N)=O)C([NH])=O)[C@@H](C)O)C(=O)O)C(C)C. The molecule has 29 N–H and O–H groups in total. The van der Waals surface area contributed by atoms with E-state index >= 15 is 0 Å². The molecule has 0 aliphatic rings. The molecule has 44 heteroatoms. The smallest absolute Gasteiger partial charge is 0.326 e. The highest BCUT2D eigenvalue weighted by Gasteiger charge is 2.39. The maximum atomic E-state index is 14.3. The minimum atomic E-state index is -1.88. The van der Waals surface area contributed by atoms with Crippen LogP contribution in [0, 0.1) is 23.2 Å². The normalized spacial score (nSPS) is 15.0. The first-order chi connectivity index (χ1) is 54.0.